The lowest BCUT2D eigenvalue weighted by Crippen LogP contribution is -2.28. The summed E-state index contributed by atoms with van der Waals surface area (Å²) in [6.07, 6.45) is 0. The molecule has 0 atom stereocenters. The van der Waals surface area contributed by atoms with Crippen molar-refractivity contribution >= 4 is 16.8 Å². The topological polar surface area (TPSA) is 76.4 Å². The summed E-state index contributed by atoms with van der Waals surface area (Å²) in [5, 5.41) is 16.4. The minimum absolute atomic E-state index is 0.0151. The molecule has 19 heavy (non-hydrogen) atoms. The Morgan fingerprint density at radius 1 is 1.42 bits per heavy atom. The molecule has 2 N–H and O–H groups in total. The fraction of sp³-hybridized carbons (Fsp3) is 0.385. The van der Waals surface area contributed by atoms with Crippen LogP contribution in [0.1, 0.15) is 10.5 Å². The van der Waals surface area contributed by atoms with Gasteiger partial charge in [0.1, 0.15) is 0 Å². The van der Waals surface area contributed by atoms with Gasteiger partial charge in [0, 0.05) is 19.0 Å². The maximum atomic E-state index is 12.0. The van der Waals surface area contributed by atoms with Crippen molar-refractivity contribution in [3.63, 3.8) is 0 Å². The number of nitrogens with one attached hydrogen (secondary N) is 1. The Bertz CT molecular complexity index is 565. The van der Waals surface area contributed by atoms with E-state index in [2.05, 4.69) is 10.4 Å². The number of aromatic nitrogens is 2. The van der Waals surface area contributed by atoms with E-state index in [9.17, 15) is 4.79 Å². The molecule has 1 amide bonds. The number of aliphatic hydroxyl groups is 1. The molecule has 2 rings (SSSR count). The predicted molar refractivity (Wildman–Crippen MR) is 71.0 cm³/mol. The normalized spacial score (nSPS) is 10.8. The van der Waals surface area contributed by atoms with Crippen molar-refractivity contribution in [1.29, 1.82) is 0 Å². The number of amides is 1. The molecule has 1 aromatic carbocycles. The first-order valence-corrected chi connectivity index (χ1v) is 6.12. The highest BCUT2D eigenvalue weighted by Crippen LogP contribution is 2.16. The quantitative estimate of drug-likeness (QED) is 0.736. The molecule has 1 aromatic heterocycles. The van der Waals surface area contributed by atoms with Crippen molar-refractivity contribution < 1.29 is 14.6 Å². The van der Waals surface area contributed by atoms with Gasteiger partial charge in [0.05, 0.1) is 25.3 Å². The Hall–Kier alpha value is -1.92. The summed E-state index contributed by atoms with van der Waals surface area (Å²) in [4.78, 5) is 12.0. The van der Waals surface area contributed by atoms with Crippen molar-refractivity contribution in [2.45, 2.75) is 0 Å². The molecule has 6 nitrogen and oxygen atoms in total. The van der Waals surface area contributed by atoms with Gasteiger partial charge in [-0.2, -0.15) is 5.10 Å². The van der Waals surface area contributed by atoms with Crippen LogP contribution in [0.15, 0.2) is 24.3 Å². The minimum atomic E-state index is -0.218. The van der Waals surface area contributed by atoms with Crippen LogP contribution in [-0.2, 0) is 11.8 Å². The van der Waals surface area contributed by atoms with Crippen molar-refractivity contribution in [3.8, 4) is 0 Å². The van der Waals surface area contributed by atoms with Gasteiger partial charge in [0.2, 0.25) is 0 Å². The fourth-order valence-electron chi connectivity index (χ4n) is 1.87. The van der Waals surface area contributed by atoms with Gasteiger partial charge in [-0.3, -0.25) is 9.48 Å². The van der Waals surface area contributed by atoms with Gasteiger partial charge in [-0.25, -0.2) is 0 Å². The monoisotopic (exact) mass is 263 g/mol. The summed E-state index contributed by atoms with van der Waals surface area (Å²) in [5.74, 6) is -0.218. The molecule has 2 aromatic rings. The number of carbonyl (C=O) groups is 1. The van der Waals surface area contributed by atoms with Crippen molar-refractivity contribution in [3.05, 3.63) is 30.0 Å². The van der Waals surface area contributed by atoms with Crippen LogP contribution < -0.4 is 5.32 Å². The third-order valence-corrected chi connectivity index (χ3v) is 2.74. The van der Waals surface area contributed by atoms with E-state index in [0.29, 0.717) is 18.8 Å². The summed E-state index contributed by atoms with van der Waals surface area (Å²) >= 11 is 0. The maximum Gasteiger partial charge on any atom is 0.272 e. The third kappa shape index (κ3) is 3.10. The van der Waals surface area contributed by atoms with E-state index in [4.69, 9.17) is 9.84 Å². The van der Waals surface area contributed by atoms with E-state index in [0.717, 1.165) is 10.9 Å². The van der Waals surface area contributed by atoms with Crippen LogP contribution in [0.4, 0.5) is 0 Å². The van der Waals surface area contributed by atoms with Crippen molar-refractivity contribution in [2.24, 2.45) is 7.05 Å². The van der Waals surface area contributed by atoms with Crippen LogP contribution in [0.5, 0.6) is 0 Å². The summed E-state index contributed by atoms with van der Waals surface area (Å²) in [6, 6.07) is 7.59. The number of fused-ring (bicyclic) bond motifs is 1. The third-order valence-electron chi connectivity index (χ3n) is 2.74. The van der Waals surface area contributed by atoms with Gasteiger partial charge < -0.3 is 15.2 Å². The highest BCUT2D eigenvalue weighted by molar-refractivity contribution is 6.04. The van der Waals surface area contributed by atoms with E-state index in [1.807, 2.05) is 31.3 Å². The van der Waals surface area contributed by atoms with Crippen molar-refractivity contribution in [2.75, 3.05) is 26.4 Å². The van der Waals surface area contributed by atoms with E-state index >= 15 is 0 Å². The second-order valence-electron chi connectivity index (χ2n) is 4.08. The van der Waals surface area contributed by atoms with Crippen LogP contribution >= 0.6 is 0 Å². The average Bonchev–Trinajstić information content (AvgIpc) is 2.76. The van der Waals surface area contributed by atoms with Crippen LogP contribution in [0.3, 0.4) is 0 Å². The Kier molecular flexibility index (Phi) is 4.48. The molecule has 0 fully saturated rings. The molecule has 0 radical (unpaired) electrons. The second-order valence-corrected chi connectivity index (χ2v) is 4.08. The molecule has 6 heteroatoms. The van der Waals surface area contributed by atoms with Crippen LogP contribution in [0.2, 0.25) is 0 Å². The molecule has 102 valence electrons. The molecular weight excluding hydrogens is 246 g/mol. The molecular formula is C13H17N3O3. The van der Waals surface area contributed by atoms with E-state index in [-0.39, 0.29) is 19.1 Å². The van der Waals surface area contributed by atoms with Crippen LogP contribution in [0, 0.1) is 0 Å². The highest BCUT2D eigenvalue weighted by atomic mass is 16.5. The molecule has 0 saturated carbocycles. The summed E-state index contributed by atoms with van der Waals surface area (Å²) in [7, 11) is 1.81. The van der Waals surface area contributed by atoms with Crippen molar-refractivity contribution in [1.82, 2.24) is 15.1 Å². The number of hydrogen-bond acceptors (Lipinski definition) is 4. The predicted octanol–water partition coefficient (Wildman–Crippen LogP) is 0.312. The average molecular weight is 263 g/mol. The van der Waals surface area contributed by atoms with E-state index < -0.39 is 0 Å². The molecule has 0 bridgehead atoms. The van der Waals surface area contributed by atoms with Gasteiger partial charge in [-0.15, -0.1) is 0 Å². The Morgan fingerprint density at radius 3 is 3.00 bits per heavy atom. The maximum absolute atomic E-state index is 12.0. The van der Waals surface area contributed by atoms with E-state index in [1.165, 1.54) is 0 Å². The lowest BCUT2D eigenvalue weighted by atomic mass is 10.2. The summed E-state index contributed by atoms with van der Waals surface area (Å²) < 4.78 is 6.76. The van der Waals surface area contributed by atoms with Crippen LogP contribution in [-0.4, -0.2) is 47.2 Å². The Morgan fingerprint density at radius 2 is 2.21 bits per heavy atom. The molecule has 0 saturated heterocycles. The van der Waals surface area contributed by atoms with Gasteiger partial charge in [-0.1, -0.05) is 18.2 Å². The van der Waals surface area contributed by atoms with Gasteiger partial charge in [0.15, 0.2) is 5.69 Å². The number of rotatable bonds is 6. The number of ether oxygens (including phenoxy) is 1. The zero-order valence-corrected chi connectivity index (χ0v) is 10.8. The molecule has 0 aliphatic carbocycles. The SMILES string of the molecule is Cn1nc(C(=O)NCCOCCO)c2ccccc21. The van der Waals surface area contributed by atoms with E-state index in [1.54, 1.807) is 4.68 Å². The first-order chi connectivity index (χ1) is 9.24. The number of carbonyl (C=O) groups excluding carboxylic acids is 1. The number of aliphatic hydroxyl groups excluding tert-OH is 1. The molecule has 1 heterocycles. The highest BCUT2D eigenvalue weighted by Gasteiger charge is 2.14. The zero-order chi connectivity index (χ0) is 13.7. The number of benzene rings is 1. The zero-order valence-electron chi connectivity index (χ0n) is 10.8. The lowest BCUT2D eigenvalue weighted by molar-refractivity contribution is 0.0835. The Balaban J connectivity index is 2.01. The first kappa shape index (κ1) is 13.5. The number of para-hydroxylation sites is 1. The molecule has 0 unspecified atom stereocenters. The van der Waals surface area contributed by atoms with Gasteiger partial charge in [-0.05, 0) is 6.07 Å². The lowest BCUT2D eigenvalue weighted by Gasteiger charge is -2.04. The summed E-state index contributed by atoms with van der Waals surface area (Å²) in [5.41, 5.74) is 1.34. The minimum Gasteiger partial charge on any atom is -0.394 e. The smallest absolute Gasteiger partial charge is 0.272 e. The first-order valence-electron chi connectivity index (χ1n) is 6.12. The number of aryl methyl sites for hydroxylation is 1. The summed E-state index contributed by atoms with van der Waals surface area (Å²) in [6.45, 7) is 1.03. The van der Waals surface area contributed by atoms with Gasteiger partial charge >= 0.3 is 0 Å². The largest absolute Gasteiger partial charge is 0.394 e. The Labute approximate surface area is 111 Å². The van der Waals surface area contributed by atoms with Gasteiger partial charge in [0.25, 0.3) is 5.91 Å². The molecule has 0 spiro atoms. The fourth-order valence-corrected chi connectivity index (χ4v) is 1.87. The molecule has 0 aliphatic rings. The number of nitrogens with zero attached hydrogens (tertiary/aromatic N) is 2. The number of hydrogen-bond donors (Lipinski definition) is 2. The molecule has 0 aliphatic heterocycles. The van der Waals surface area contributed by atoms with Crippen LogP contribution in [0.25, 0.3) is 10.9 Å². The standard InChI is InChI=1S/C13H17N3O3/c1-16-11-5-3-2-4-10(11)12(15-16)13(18)14-6-8-19-9-7-17/h2-5,17H,6-9H2,1H3,(H,14,18). The second kappa shape index (κ2) is 6.31.